The zero-order valence-electron chi connectivity index (χ0n) is 13.9. The number of para-hydroxylation sites is 1. The smallest absolute Gasteiger partial charge is 0.244 e. The van der Waals surface area contributed by atoms with Crippen LogP contribution in [0.5, 0.6) is 5.75 Å². The number of rotatable bonds is 7. The van der Waals surface area contributed by atoms with Crippen LogP contribution in [0.15, 0.2) is 46.7 Å². The minimum Gasteiger partial charge on any atom is -0.492 e. The van der Waals surface area contributed by atoms with Crippen LogP contribution in [0, 0.1) is 6.92 Å². The first-order valence-electron chi connectivity index (χ1n) is 7.73. The van der Waals surface area contributed by atoms with E-state index in [2.05, 4.69) is 9.71 Å². The van der Waals surface area contributed by atoms with Gasteiger partial charge in [-0.3, -0.25) is 0 Å². The van der Waals surface area contributed by atoms with Gasteiger partial charge >= 0.3 is 0 Å². The Kier molecular flexibility index (Phi) is 5.53. The Bertz CT molecular complexity index is 947. The largest absolute Gasteiger partial charge is 0.492 e. The molecule has 1 aromatic carbocycles. The first-order chi connectivity index (χ1) is 12.0. The van der Waals surface area contributed by atoms with Crippen LogP contribution in [0.3, 0.4) is 0 Å². The average molecular weight is 395 g/mol. The molecule has 0 bridgehead atoms. The van der Waals surface area contributed by atoms with Crippen molar-refractivity contribution >= 4 is 32.7 Å². The quantitative estimate of drug-likeness (QED) is 0.656. The molecule has 3 aromatic rings. The van der Waals surface area contributed by atoms with Crippen LogP contribution >= 0.6 is 22.7 Å². The molecular weight excluding hydrogens is 376 g/mol. The number of thiophene rings is 1. The first-order valence-corrected chi connectivity index (χ1v) is 10.9. The van der Waals surface area contributed by atoms with Crippen LogP contribution in [0.4, 0.5) is 0 Å². The molecule has 0 amide bonds. The Morgan fingerprint density at radius 3 is 2.72 bits per heavy atom. The summed E-state index contributed by atoms with van der Waals surface area (Å²) in [6.45, 7) is 4.33. The highest BCUT2D eigenvalue weighted by molar-refractivity contribution is 7.89. The summed E-state index contributed by atoms with van der Waals surface area (Å²) in [6.07, 6.45) is 0. The molecule has 1 N–H and O–H groups in total. The number of benzene rings is 1. The predicted molar refractivity (Wildman–Crippen MR) is 102 cm³/mol. The third-order valence-corrected chi connectivity index (χ3v) is 7.12. The van der Waals surface area contributed by atoms with Gasteiger partial charge < -0.3 is 4.74 Å². The van der Waals surface area contributed by atoms with E-state index >= 15 is 0 Å². The lowest BCUT2D eigenvalue weighted by atomic mass is 10.3. The van der Waals surface area contributed by atoms with E-state index in [1.165, 1.54) is 11.3 Å². The molecule has 5 nitrogen and oxygen atoms in total. The summed E-state index contributed by atoms with van der Waals surface area (Å²) in [5.41, 5.74) is 0.842. The Morgan fingerprint density at radius 1 is 1.20 bits per heavy atom. The number of hydrogen-bond acceptors (Lipinski definition) is 6. The fourth-order valence-electron chi connectivity index (χ4n) is 2.28. The molecule has 2 aromatic heterocycles. The molecule has 0 unspecified atom stereocenters. The molecule has 0 fully saturated rings. The summed E-state index contributed by atoms with van der Waals surface area (Å²) in [6, 6.07) is 10.6. The predicted octanol–water partition coefficient (Wildman–Crippen LogP) is 4.06. The number of aryl methyl sites for hydroxylation is 1. The van der Waals surface area contributed by atoms with Gasteiger partial charge in [0.1, 0.15) is 15.7 Å². The third kappa shape index (κ3) is 4.09. The molecule has 0 aliphatic carbocycles. The summed E-state index contributed by atoms with van der Waals surface area (Å²) >= 11 is 3.13. The van der Waals surface area contributed by atoms with Crippen molar-refractivity contribution in [3.63, 3.8) is 0 Å². The van der Waals surface area contributed by atoms with Crippen LogP contribution in [0.2, 0.25) is 0 Å². The van der Waals surface area contributed by atoms with Crippen molar-refractivity contribution in [3.8, 4) is 15.6 Å². The van der Waals surface area contributed by atoms with Crippen LogP contribution in [0.1, 0.15) is 17.5 Å². The van der Waals surface area contributed by atoms with Gasteiger partial charge in [-0.15, -0.1) is 22.7 Å². The highest BCUT2D eigenvalue weighted by Gasteiger charge is 2.20. The van der Waals surface area contributed by atoms with E-state index in [4.69, 9.17) is 4.74 Å². The molecule has 0 aliphatic heterocycles. The second-order valence-electron chi connectivity index (χ2n) is 5.21. The van der Waals surface area contributed by atoms with Crippen molar-refractivity contribution in [1.29, 1.82) is 0 Å². The molecule has 0 saturated heterocycles. The minimum atomic E-state index is -3.67. The fourth-order valence-corrected chi connectivity index (χ4v) is 5.31. The molecule has 0 spiro atoms. The van der Waals surface area contributed by atoms with E-state index in [1.54, 1.807) is 35.6 Å². The lowest BCUT2D eigenvalue weighted by Crippen LogP contribution is -2.23. The highest BCUT2D eigenvalue weighted by atomic mass is 32.2. The third-order valence-electron chi connectivity index (χ3n) is 3.49. The summed E-state index contributed by atoms with van der Waals surface area (Å²) in [4.78, 5) is 6.68. The average Bonchev–Trinajstić information content (AvgIpc) is 3.23. The van der Waals surface area contributed by atoms with Crippen molar-refractivity contribution in [3.05, 3.63) is 52.3 Å². The standard InChI is InChI=1S/C17H18N2O3S3/c1-3-22-13-7-4-5-9-16(13)25(20,21)18-11-15-12(2)19-17(24-15)14-8-6-10-23-14/h4-10,18H,3,11H2,1-2H3. The number of thiazole rings is 1. The van der Waals surface area contributed by atoms with Crippen molar-refractivity contribution in [1.82, 2.24) is 9.71 Å². The first kappa shape index (κ1) is 18.1. The highest BCUT2D eigenvalue weighted by Crippen LogP contribution is 2.31. The Labute approximate surface area is 155 Å². The zero-order chi connectivity index (χ0) is 17.9. The maximum atomic E-state index is 12.6. The number of nitrogens with zero attached hydrogens (tertiary/aromatic N) is 1. The zero-order valence-corrected chi connectivity index (χ0v) is 16.3. The second-order valence-corrected chi connectivity index (χ2v) is 8.98. The van der Waals surface area contributed by atoms with E-state index in [1.807, 2.05) is 31.4 Å². The van der Waals surface area contributed by atoms with Crippen molar-refractivity contribution < 1.29 is 13.2 Å². The molecule has 0 atom stereocenters. The van der Waals surface area contributed by atoms with E-state index in [0.29, 0.717) is 12.4 Å². The molecule has 3 rings (SSSR count). The van der Waals surface area contributed by atoms with E-state index in [-0.39, 0.29) is 11.4 Å². The van der Waals surface area contributed by atoms with E-state index < -0.39 is 10.0 Å². The lowest BCUT2D eigenvalue weighted by molar-refractivity contribution is 0.331. The summed E-state index contributed by atoms with van der Waals surface area (Å²) in [5, 5.41) is 2.91. The molecule has 25 heavy (non-hydrogen) atoms. The molecule has 8 heteroatoms. The summed E-state index contributed by atoms with van der Waals surface area (Å²) in [7, 11) is -3.67. The number of ether oxygens (including phenoxy) is 1. The normalized spacial score (nSPS) is 11.6. The topological polar surface area (TPSA) is 68.3 Å². The minimum absolute atomic E-state index is 0.150. The number of sulfonamides is 1. The Morgan fingerprint density at radius 2 is 2.00 bits per heavy atom. The van der Waals surface area contributed by atoms with Gasteiger partial charge in [0.2, 0.25) is 10.0 Å². The molecule has 0 saturated carbocycles. The maximum Gasteiger partial charge on any atom is 0.244 e. The molecule has 0 radical (unpaired) electrons. The molecule has 0 aliphatic rings. The van der Waals surface area contributed by atoms with Gasteiger partial charge in [-0.1, -0.05) is 18.2 Å². The van der Waals surface area contributed by atoms with Crippen LogP contribution in [0.25, 0.3) is 9.88 Å². The van der Waals surface area contributed by atoms with Gasteiger partial charge in [0.25, 0.3) is 0 Å². The van der Waals surface area contributed by atoms with Gasteiger partial charge in [-0.2, -0.15) is 0 Å². The molecule has 132 valence electrons. The van der Waals surface area contributed by atoms with Crippen molar-refractivity contribution in [2.24, 2.45) is 0 Å². The summed E-state index contributed by atoms with van der Waals surface area (Å²) < 4.78 is 33.4. The second kappa shape index (κ2) is 7.65. The SMILES string of the molecule is CCOc1ccccc1S(=O)(=O)NCc1sc(-c2cccs2)nc1C. The Hall–Kier alpha value is -1.74. The Balaban J connectivity index is 1.79. The van der Waals surface area contributed by atoms with Gasteiger partial charge in [0.05, 0.1) is 17.2 Å². The molecule has 2 heterocycles. The maximum absolute atomic E-state index is 12.6. The molecular formula is C17H18N2O3S3. The van der Waals surface area contributed by atoms with Crippen LogP contribution < -0.4 is 9.46 Å². The van der Waals surface area contributed by atoms with Gasteiger partial charge in [0, 0.05) is 11.4 Å². The van der Waals surface area contributed by atoms with Gasteiger partial charge in [-0.05, 0) is 37.4 Å². The van der Waals surface area contributed by atoms with E-state index in [0.717, 1.165) is 20.5 Å². The van der Waals surface area contributed by atoms with E-state index in [9.17, 15) is 8.42 Å². The fraction of sp³-hybridized carbons (Fsp3) is 0.235. The number of aromatic nitrogens is 1. The lowest BCUT2D eigenvalue weighted by Gasteiger charge is -2.11. The van der Waals surface area contributed by atoms with Gasteiger partial charge in [-0.25, -0.2) is 18.1 Å². The number of nitrogens with one attached hydrogen (secondary N) is 1. The monoisotopic (exact) mass is 394 g/mol. The van der Waals surface area contributed by atoms with Crippen molar-refractivity contribution in [2.75, 3.05) is 6.61 Å². The van der Waals surface area contributed by atoms with Crippen LogP contribution in [-0.4, -0.2) is 20.0 Å². The number of hydrogen-bond donors (Lipinski definition) is 1. The van der Waals surface area contributed by atoms with Gasteiger partial charge in [0.15, 0.2) is 0 Å². The van der Waals surface area contributed by atoms with Crippen molar-refractivity contribution in [2.45, 2.75) is 25.3 Å². The van der Waals surface area contributed by atoms with Crippen LogP contribution in [-0.2, 0) is 16.6 Å². The summed E-state index contributed by atoms with van der Waals surface area (Å²) in [5.74, 6) is 0.359.